The third-order valence-corrected chi connectivity index (χ3v) is 5.54. The monoisotopic (exact) mass is 467 g/mol. The first-order valence-electron chi connectivity index (χ1n) is 8.44. The second kappa shape index (κ2) is 10.4. The van der Waals surface area contributed by atoms with E-state index in [9.17, 15) is 4.21 Å². The summed E-state index contributed by atoms with van der Waals surface area (Å²) in [5, 5.41) is 2.98. The topological polar surface area (TPSA) is 128 Å². The Hall–Kier alpha value is -0.880. The normalized spacial score (nSPS) is 25.6. The predicted molar refractivity (Wildman–Crippen MR) is 110 cm³/mol. The van der Waals surface area contributed by atoms with Gasteiger partial charge in [-0.3, -0.25) is 12.9 Å². The largest absolute Gasteiger partial charge is 0.382 e. The van der Waals surface area contributed by atoms with Crippen LogP contribution in [0.2, 0.25) is 0 Å². The summed E-state index contributed by atoms with van der Waals surface area (Å²) in [7, 11) is 9.05. The highest BCUT2D eigenvalue weighted by atomic mass is 32.2. The molecular weight excluding hydrogens is 444 g/mol. The van der Waals surface area contributed by atoms with Crippen LogP contribution in [0.25, 0.3) is 11.2 Å². The fourth-order valence-corrected chi connectivity index (χ4v) is 3.99. The summed E-state index contributed by atoms with van der Waals surface area (Å²) in [4.78, 5) is 13.3. The molecule has 15 heteroatoms. The van der Waals surface area contributed by atoms with Gasteiger partial charge in [0.1, 0.15) is 24.9 Å². The average molecular weight is 467 g/mol. The molecule has 0 radical (unpaired) electrons. The van der Waals surface area contributed by atoms with E-state index in [2.05, 4.69) is 43.4 Å². The van der Waals surface area contributed by atoms with Crippen molar-refractivity contribution in [1.82, 2.24) is 19.5 Å². The minimum Gasteiger partial charge on any atom is -0.382 e. The summed E-state index contributed by atoms with van der Waals surface area (Å²) < 4.78 is 45.2. The maximum Gasteiger partial charge on any atom is 0.304 e. The fraction of sp³-hybridized carbons (Fsp3) is 0.643. The first kappa shape index (κ1) is 22.8. The molecule has 0 amide bonds. The van der Waals surface area contributed by atoms with E-state index in [1.165, 1.54) is 7.11 Å². The van der Waals surface area contributed by atoms with Gasteiger partial charge in [0.2, 0.25) is 0 Å². The van der Waals surface area contributed by atoms with Crippen LogP contribution in [0.3, 0.4) is 0 Å². The molecule has 1 aliphatic rings. The van der Waals surface area contributed by atoms with Crippen molar-refractivity contribution in [2.75, 3.05) is 33.2 Å². The van der Waals surface area contributed by atoms with Gasteiger partial charge in [-0.2, -0.15) is 4.21 Å². The molecule has 162 valence electrons. The van der Waals surface area contributed by atoms with E-state index in [1.54, 1.807) is 25.1 Å². The third-order valence-electron chi connectivity index (χ3n) is 4.33. The number of hydrogen-bond donors (Lipinski definition) is 1. The van der Waals surface area contributed by atoms with Gasteiger partial charge in [0, 0.05) is 33.1 Å². The lowest BCUT2D eigenvalue weighted by Gasteiger charge is -2.21. The van der Waals surface area contributed by atoms with Crippen molar-refractivity contribution in [1.29, 1.82) is 0 Å². The zero-order chi connectivity index (χ0) is 21.0. The molecule has 0 aliphatic carbocycles. The lowest BCUT2D eigenvalue weighted by molar-refractivity contribution is -0.0528. The van der Waals surface area contributed by atoms with Crippen molar-refractivity contribution in [3.63, 3.8) is 0 Å². The van der Waals surface area contributed by atoms with Gasteiger partial charge in [0.25, 0.3) is 0 Å². The molecule has 0 aromatic carbocycles. The van der Waals surface area contributed by atoms with Crippen molar-refractivity contribution in [2.45, 2.75) is 31.1 Å². The molecule has 7 unspecified atom stereocenters. The van der Waals surface area contributed by atoms with Crippen LogP contribution in [-0.2, 0) is 44.9 Å². The third kappa shape index (κ3) is 4.73. The molecule has 0 saturated carbocycles. The van der Waals surface area contributed by atoms with E-state index >= 15 is 0 Å². The Kier molecular flexibility index (Phi) is 8.20. The molecular formula is C14H23N5O7P2S. The van der Waals surface area contributed by atoms with Crippen LogP contribution in [0.4, 0.5) is 5.82 Å². The average Bonchev–Trinajstić information content (AvgIpc) is 3.31. The number of aromatic nitrogens is 4. The van der Waals surface area contributed by atoms with Crippen LogP contribution in [0.1, 0.15) is 12.1 Å². The highest BCUT2D eigenvalue weighted by molar-refractivity contribution is 7.75. The van der Waals surface area contributed by atoms with Crippen molar-refractivity contribution >= 4 is 47.3 Å². The predicted octanol–water partition coefficient (Wildman–Crippen LogP) is 0.504. The van der Waals surface area contributed by atoms with Crippen LogP contribution in [0.15, 0.2) is 6.33 Å². The van der Waals surface area contributed by atoms with Gasteiger partial charge in [0.05, 0.1) is 20.0 Å². The SMILES string of the molecule is CNc1nc(COS(=O)OC)nc2c1ncn2C1OC(COC)C(OP)C1OP. The lowest BCUT2D eigenvalue weighted by atomic mass is 10.1. The second-order valence-corrected chi connectivity index (χ2v) is 7.44. The molecule has 0 spiro atoms. The first-order chi connectivity index (χ1) is 14.1. The van der Waals surface area contributed by atoms with E-state index in [0.717, 1.165) is 0 Å². The number of fused-ring (bicyclic) bond motifs is 1. The molecule has 0 bridgehead atoms. The van der Waals surface area contributed by atoms with E-state index < -0.39 is 29.8 Å². The number of nitrogens with zero attached hydrogens (tertiary/aromatic N) is 4. The zero-order valence-corrected chi connectivity index (χ0v) is 19.1. The van der Waals surface area contributed by atoms with Crippen LogP contribution in [0.5, 0.6) is 0 Å². The Morgan fingerprint density at radius 2 is 2.03 bits per heavy atom. The molecule has 1 N–H and O–H groups in total. The van der Waals surface area contributed by atoms with E-state index in [1.807, 2.05) is 0 Å². The van der Waals surface area contributed by atoms with Crippen LogP contribution in [-0.4, -0.2) is 69.9 Å². The Bertz CT molecular complexity index is 859. The number of methoxy groups -OCH3 is 1. The molecule has 3 heterocycles. The molecule has 1 saturated heterocycles. The second-order valence-electron chi connectivity index (χ2n) is 5.92. The molecule has 12 nitrogen and oxygen atoms in total. The molecule has 2 aromatic rings. The van der Waals surface area contributed by atoms with Crippen molar-refractivity contribution in [3.05, 3.63) is 12.2 Å². The zero-order valence-electron chi connectivity index (χ0n) is 16.0. The number of ether oxygens (including phenoxy) is 2. The summed E-state index contributed by atoms with van der Waals surface area (Å²) in [6, 6.07) is 0. The Balaban J connectivity index is 1.99. The summed E-state index contributed by atoms with van der Waals surface area (Å²) >= 11 is -1.89. The lowest BCUT2D eigenvalue weighted by Crippen LogP contribution is -2.34. The minimum absolute atomic E-state index is 0.116. The summed E-state index contributed by atoms with van der Waals surface area (Å²) in [6.45, 7) is 0.209. The van der Waals surface area contributed by atoms with Crippen molar-refractivity contribution in [2.24, 2.45) is 0 Å². The van der Waals surface area contributed by atoms with Gasteiger partial charge in [-0.25, -0.2) is 15.0 Å². The maximum atomic E-state index is 11.4. The van der Waals surface area contributed by atoms with Crippen molar-refractivity contribution in [3.8, 4) is 0 Å². The van der Waals surface area contributed by atoms with Crippen LogP contribution < -0.4 is 5.32 Å². The Labute approximate surface area is 174 Å². The summed E-state index contributed by atoms with van der Waals surface area (Å²) in [5.74, 6) is 0.784. The smallest absolute Gasteiger partial charge is 0.304 e. The van der Waals surface area contributed by atoms with Gasteiger partial charge in [0.15, 0.2) is 29.0 Å². The van der Waals surface area contributed by atoms with Gasteiger partial charge >= 0.3 is 11.4 Å². The number of imidazole rings is 1. The highest BCUT2D eigenvalue weighted by Gasteiger charge is 2.47. The quantitative estimate of drug-likeness (QED) is 0.491. The minimum atomic E-state index is -1.89. The number of anilines is 1. The molecule has 1 aliphatic heterocycles. The number of nitrogens with one attached hydrogen (secondary N) is 1. The summed E-state index contributed by atoms with van der Waals surface area (Å²) in [6.07, 6.45) is -0.206. The molecule has 29 heavy (non-hydrogen) atoms. The van der Waals surface area contributed by atoms with Crippen LogP contribution >= 0.6 is 18.9 Å². The van der Waals surface area contributed by atoms with Crippen LogP contribution in [0, 0.1) is 0 Å². The first-order valence-corrected chi connectivity index (χ1v) is 10.4. The number of rotatable bonds is 10. The Morgan fingerprint density at radius 3 is 2.66 bits per heavy atom. The van der Waals surface area contributed by atoms with Crippen molar-refractivity contribution < 1.29 is 31.1 Å². The highest BCUT2D eigenvalue weighted by Crippen LogP contribution is 2.37. The van der Waals surface area contributed by atoms with E-state index in [4.69, 9.17) is 22.7 Å². The van der Waals surface area contributed by atoms with Gasteiger partial charge in [-0.15, -0.1) is 0 Å². The van der Waals surface area contributed by atoms with Gasteiger partial charge in [-0.1, -0.05) is 0 Å². The maximum absolute atomic E-state index is 11.4. The molecule has 1 fully saturated rings. The molecule has 2 aromatic heterocycles. The van der Waals surface area contributed by atoms with Gasteiger partial charge < -0.3 is 23.8 Å². The number of hydrogen-bond acceptors (Lipinski definition) is 11. The Morgan fingerprint density at radius 1 is 1.28 bits per heavy atom. The van der Waals surface area contributed by atoms with Gasteiger partial charge in [-0.05, 0) is 0 Å². The molecule has 3 rings (SSSR count). The fourth-order valence-electron chi connectivity index (χ4n) is 3.08. The van der Waals surface area contributed by atoms with E-state index in [-0.39, 0.29) is 12.7 Å². The standard InChI is InChI=1S/C14H23N5O7P2S/c1-15-12-9-13(18-8(17-12)5-23-29(20)22-3)19(6-16-9)14-11(26-28)10(25-27)7(24-14)4-21-2/h6-7,10-11,14H,4-5,27-28H2,1-3H3,(H,15,17,18). The summed E-state index contributed by atoms with van der Waals surface area (Å²) in [5.41, 5.74) is 1.03. The molecule has 7 atom stereocenters. The van der Waals surface area contributed by atoms with E-state index in [0.29, 0.717) is 29.4 Å².